The summed E-state index contributed by atoms with van der Waals surface area (Å²) in [4.78, 5) is 4.03. The Kier molecular flexibility index (Phi) is 2.30. The molecule has 5 heteroatoms. The standard InChI is InChI=1S/C10H11F2N3/c1-6-3-2-4-7-9(6)15(5-8(11)12)10(13)14-7/h2-4,8H,5H2,1H3,(H2,13,14). The van der Waals surface area contributed by atoms with Crippen LogP contribution in [0.4, 0.5) is 14.7 Å². The minimum absolute atomic E-state index is 0.139. The quantitative estimate of drug-likeness (QED) is 0.827. The number of nitrogen functional groups attached to an aromatic ring is 1. The smallest absolute Gasteiger partial charge is 0.256 e. The van der Waals surface area contributed by atoms with Gasteiger partial charge in [-0.3, -0.25) is 0 Å². The number of alkyl halides is 2. The van der Waals surface area contributed by atoms with Crippen molar-refractivity contribution < 1.29 is 8.78 Å². The highest BCUT2D eigenvalue weighted by atomic mass is 19.3. The fraction of sp³-hybridized carbons (Fsp3) is 0.300. The van der Waals surface area contributed by atoms with Gasteiger partial charge in [0, 0.05) is 0 Å². The van der Waals surface area contributed by atoms with Gasteiger partial charge in [-0.15, -0.1) is 0 Å². The highest BCUT2D eigenvalue weighted by Crippen LogP contribution is 2.22. The first-order chi connectivity index (χ1) is 7.09. The summed E-state index contributed by atoms with van der Waals surface area (Å²) in [5, 5.41) is 0. The second-order valence-electron chi connectivity index (χ2n) is 3.41. The van der Waals surface area contributed by atoms with Gasteiger partial charge in [-0.2, -0.15) is 0 Å². The van der Waals surface area contributed by atoms with Gasteiger partial charge in [0.2, 0.25) is 5.95 Å². The fourth-order valence-electron chi connectivity index (χ4n) is 1.71. The summed E-state index contributed by atoms with van der Waals surface area (Å²) in [7, 11) is 0. The molecule has 0 aliphatic rings. The van der Waals surface area contributed by atoms with Crippen molar-refractivity contribution in [2.24, 2.45) is 0 Å². The molecule has 1 heterocycles. The third-order valence-electron chi connectivity index (χ3n) is 2.32. The van der Waals surface area contributed by atoms with E-state index in [9.17, 15) is 8.78 Å². The van der Waals surface area contributed by atoms with Gasteiger partial charge in [0.15, 0.2) is 0 Å². The maximum atomic E-state index is 12.3. The van der Waals surface area contributed by atoms with E-state index in [-0.39, 0.29) is 5.95 Å². The van der Waals surface area contributed by atoms with Crippen molar-refractivity contribution in [1.82, 2.24) is 9.55 Å². The normalized spacial score (nSPS) is 11.5. The maximum Gasteiger partial charge on any atom is 0.256 e. The van der Waals surface area contributed by atoms with Crippen LogP contribution in [-0.4, -0.2) is 16.0 Å². The van der Waals surface area contributed by atoms with Crippen LogP contribution in [0.15, 0.2) is 18.2 Å². The molecule has 0 atom stereocenters. The van der Waals surface area contributed by atoms with Crippen LogP contribution in [0.25, 0.3) is 11.0 Å². The zero-order valence-corrected chi connectivity index (χ0v) is 8.24. The van der Waals surface area contributed by atoms with Gasteiger partial charge in [-0.25, -0.2) is 13.8 Å². The molecule has 2 aromatic rings. The fourth-order valence-corrected chi connectivity index (χ4v) is 1.71. The summed E-state index contributed by atoms with van der Waals surface area (Å²) < 4.78 is 26.0. The van der Waals surface area contributed by atoms with Crippen molar-refractivity contribution in [1.29, 1.82) is 0 Å². The number of halogens is 2. The third-order valence-corrected chi connectivity index (χ3v) is 2.32. The Morgan fingerprint density at radius 2 is 2.20 bits per heavy atom. The molecule has 0 radical (unpaired) electrons. The molecule has 3 nitrogen and oxygen atoms in total. The van der Waals surface area contributed by atoms with Crippen molar-refractivity contribution in [2.75, 3.05) is 5.73 Å². The second-order valence-corrected chi connectivity index (χ2v) is 3.41. The molecule has 0 aliphatic heterocycles. The first kappa shape index (κ1) is 9.89. The number of nitrogens with zero attached hydrogens (tertiary/aromatic N) is 2. The minimum Gasteiger partial charge on any atom is -0.369 e. The van der Waals surface area contributed by atoms with Crippen LogP contribution < -0.4 is 5.73 Å². The van der Waals surface area contributed by atoms with Crippen molar-refractivity contribution in [3.05, 3.63) is 23.8 Å². The SMILES string of the molecule is Cc1cccc2nc(N)n(CC(F)F)c12. The van der Waals surface area contributed by atoms with Gasteiger partial charge < -0.3 is 10.3 Å². The maximum absolute atomic E-state index is 12.3. The number of imidazole rings is 1. The summed E-state index contributed by atoms with van der Waals surface area (Å²) in [6, 6.07) is 5.45. The van der Waals surface area contributed by atoms with Gasteiger partial charge in [-0.1, -0.05) is 12.1 Å². The molecule has 0 spiro atoms. The van der Waals surface area contributed by atoms with Crippen LogP contribution in [0.3, 0.4) is 0 Å². The molecule has 0 aliphatic carbocycles. The van der Waals surface area contributed by atoms with Gasteiger partial charge >= 0.3 is 0 Å². The third kappa shape index (κ3) is 1.65. The number of anilines is 1. The largest absolute Gasteiger partial charge is 0.369 e. The molecule has 0 saturated carbocycles. The Morgan fingerprint density at radius 1 is 1.47 bits per heavy atom. The Hall–Kier alpha value is -1.65. The molecule has 0 saturated heterocycles. The monoisotopic (exact) mass is 211 g/mol. The van der Waals surface area contributed by atoms with Crippen molar-refractivity contribution >= 4 is 17.0 Å². The summed E-state index contributed by atoms with van der Waals surface area (Å²) in [5.41, 5.74) is 7.84. The number of aromatic nitrogens is 2. The Labute approximate surface area is 85.5 Å². The molecule has 2 N–H and O–H groups in total. The molecule has 0 bridgehead atoms. The van der Waals surface area contributed by atoms with Crippen LogP contribution in [0.5, 0.6) is 0 Å². The summed E-state index contributed by atoms with van der Waals surface area (Å²) in [6.45, 7) is 1.44. The lowest BCUT2D eigenvalue weighted by atomic mass is 10.2. The van der Waals surface area contributed by atoms with E-state index in [0.29, 0.717) is 11.0 Å². The number of aryl methyl sites for hydroxylation is 1. The van der Waals surface area contributed by atoms with Crippen LogP contribution in [-0.2, 0) is 6.54 Å². The van der Waals surface area contributed by atoms with Gasteiger partial charge in [-0.05, 0) is 18.6 Å². The lowest BCUT2D eigenvalue weighted by molar-refractivity contribution is 0.128. The summed E-state index contributed by atoms with van der Waals surface area (Å²) >= 11 is 0. The Bertz CT molecular complexity index is 491. The lowest BCUT2D eigenvalue weighted by Crippen LogP contribution is -2.10. The van der Waals surface area contributed by atoms with E-state index >= 15 is 0 Å². The number of fused-ring (bicyclic) bond motifs is 1. The Balaban J connectivity index is 2.65. The van der Waals surface area contributed by atoms with E-state index < -0.39 is 13.0 Å². The predicted molar refractivity (Wildman–Crippen MR) is 54.9 cm³/mol. The van der Waals surface area contributed by atoms with Crippen LogP contribution in [0, 0.1) is 6.92 Å². The molecule has 0 amide bonds. The summed E-state index contributed by atoms with van der Waals surface area (Å²) in [6.07, 6.45) is -2.43. The molecule has 2 rings (SSSR count). The number of nitrogens with two attached hydrogens (primary N) is 1. The van der Waals surface area contributed by atoms with E-state index in [0.717, 1.165) is 5.56 Å². The molecule has 0 unspecified atom stereocenters. The van der Waals surface area contributed by atoms with E-state index in [1.165, 1.54) is 4.57 Å². The molecular formula is C10H11F2N3. The van der Waals surface area contributed by atoms with E-state index in [1.807, 2.05) is 19.1 Å². The molecule has 1 aromatic carbocycles. The zero-order valence-electron chi connectivity index (χ0n) is 8.24. The number of benzene rings is 1. The number of para-hydroxylation sites is 1. The molecular weight excluding hydrogens is 200 g/mol. The number of hydrogen-bond donors (Lipinski definition) is 1. The number of rotatable bonds is 2. The van der Waals surface area contributed by atoms with E-state index in [4.69, 9.17) is 5.73 Å². The predicted octanol–water partition coefficient (Wildman–Crippen LogP) is 2.19. The molecule has 15 heavy (non-hydrogen) atoms. The molecule has 1 aromatic heterocycles. The van der Waals surface area contributed by atoms with E-state index in [1.54, 1.807) is 6.07 Å². The van der Waals surface area contributed by atoms with Gasteiger partial charge in [0.1, 0.15) is 0 Å². The van der Waals surface area contributed by atoms with Gasteiger partial charge in [0.05, 0.1) is 17.6 Å². The zero-order chi connectivity index (χ0) is 11.0. The molecule has 80 valence electrons. The highest BCUT2D eigenvalue weighted by Gasteiger charge is 2.13. The average Bonchev–Trinajstić information content (AvgIpc) is 2.43. The van der Waals surface area contributed by atoms with Crippen molar-refractivity contribution in [3.8, 4) is 0 Å². The first-order valence-corrected chi connectivity index (χ1v) is 4.59. The second kappa shape index (κ2) is 3.49. The topological polar surface area (TPSA) is 43.8 Å². The summed E-state index contributed by atoms with van der Waals surface area (Å²) in [5.74, 6) is 0.139. The minimum atomic E-state index is -2.43. The van der Waals surface area contributed by atoms with Crippen LogP contribution >= 0.6 is 0 Å². The highest BCUT2D eigenvalue weighted by molar-refractivity contribution is 5.81. The van der Waals surface area contributed by atoms with Crippen LogP contribution in [0.1, 0.15) is 5.56 Å². The van der Waals surface area contributed by atoms with Crippen LogP contribution in [0.2, 0.25) is 0 Å². The first-order valence-electron chi connectivity index (χ1n) is 4.59. The average molecular weight is 211 g/mol. The lowest BCUT2D eigenvalue weighted by Gasteiger charge is -2.06. The van der Waals surface area contributed by atoms with E-state index in [2.05, 4.69) is 4.98 Å². The number of hydrogen-bond acceptors (Lipinski definition) is 2. The Morgan fingerprint density at radius 3 is 2.87 bits per heavy atom. The molecule has 0 fully saturated rings. The van der Waals surface area contributed by atoms with Crippen molar-refractivity contribution in [3.63, 3.8) is 0 Å². The van der Waals surface area contributed by atoms with Crippen molar-refractivity contribution in [2.45, 2.75) is 19.9 Å². The van der Waals surface area contributed by atoms with Gasteiger partial charge in [0.25, 0.3) is 6.43 Å².